The summed E-state index contributed by atoms with van der Waals surface area (Å²) in [6, 6.07) is 9.14. The molecular formula is C22H22FN3O3. The fourth-order valence-corrected chi connectivity index (χ4v) is 3.39. The molecule has 0 bridgehead atoms. The Balaban J connectivity index is 2.14. The predicted molar refractivity (Wildman–Crippen MR) is 105 cm³/mol. The normalized spacial score (nSPS) is 15.2. The first-order valence-electron chi connectivity index (χ1n) is 9.25. The molecule has 0 fully saturated rings. The van der Waals surface area contributed by atoms with Gasteiger partial charge in [0, 0.05) is 23.7 Å². The van der Waals surface area contributed by atoms with Gasteiger partial charge in [0.25, 0.3) is 5.91 Å². The first-order chi connectivity index (χ1) is 13.6. The molecule has 6 nitrogen and oxygen atoms in total. The minimum atomic E-state index is -0.609. The van der Waals surface area contributed by atoms with Gasteiger partial charge in [-0.1, -0.05) is 19.9 Å². The van der Waals surface area contributed by atoms with Crippen molar-refractivity contribution in [3.05, 3.63) is 64.9 Å². The highest BCUT2D eigenvalue weighted by atomic mass is 19.1. The molecule has 0 saturated carbocycles. The summed E-state index contributed by atoms with van der Waals surface area (Å²) in [5.74, 6) is -1.56. The molecule has 1 amide bonds. The molecule has 0 radical (unpaired) electrons. The summed E-state index contributed by atoms with van der Waals surface area (Å²) in [6.07, 6.45) is 1.06. The Bertz CT molecular complexity index is 1040. The number of amides is 1. The van der Waals surface area contributed by atoms with Crippen molar-refractivity contribution in [2.45, 2.75) is 39.2 Å². The SMILES string of the molecule is CC(C)OC(=O)C1=CN(C(=O)c2cccc(F)c2)CC(C)(C)c2cc(C#N)[nH]c21. The molecule has 0 unspecified atom stereocenters. The van der Waals surface area contributed by atoms with Gasteiger partial charge < -0.3 is 14.6 Å². The monoisotopic (exact) mass is 395 g/mol. The Hall–Kier alpha value is -3.40. The molecule has 1 N–H and O–H groups in total. The number of hydrogen-bond acceptors (Lipinski definition) is 4. The minimum absolute atomic E-state index is 0.144. The number of benzene rings is 1. The van der Waals surface area contributed by atoms with Crippen LogP contribution in [0.15, 0.2) is 36.5 Å². The number of rotatable bonds is 3. The predicted octanol–water partition coefficient (Wildman–Crippen LogP) is 3.75. The zero-order valence-electron chi connectivity index (χ0n) is 16.7. The Morgan fingerprint density at radius 2 is 2.03 bits per heavy atom. The number of aromatic amines is 1. The van der Waals surface area contributed by atoms with E-state index < -0.39 is 23.1 Å². The minimum Gasteiger partial charge on any atom is -0.459 e. The molecule has 0 atom stereocenters. The first-order valence-corrected chi connectivity index (χ1v) is 9.25. The summed E-state index contributed by atoms with van der Waals surface area (Å²) in [6.45, 7) is 7.52. The van der Waals surface area contributed by atoms with Crippen LogP contribution in [0.2, 0.25) is 0 Å². The second kappa shape index (κ2) is 7.55. The van der Waals surface area contributed by atoms with Crippen LogP contribution in [-0.2, 0) is 14.9 Å². The van der Waals surface area contributed by atoms with E-state index in [2.05, 4.69) is 11.1 Å². The molecule has 1 aromatic heterocycles. The third kappa shape index (κ3) is 4.06. The quantitative estimate of drug-likeness (QED) is 0.802. The molecule has 1 aliphatic rings. The summed E-state index contributed by atoms with van der Waals surface area (Å²) in [5.41, 5.74) is 1.24. The third-order valence-corrected chi connectivity index (χ3v) is 4.68. The van der Waals surface area contributed by atoms with E-state index in [-0.39, 0.29) is 23.8 Å². The lowest BCUT2D eigenvalue weighted by Crippen LogP contribution is -2.36. The van der Waals surface area contributed by atoms with E-state index >= 15 is 0 Å². The first kappa shape index (κ1) is 20.3. The van der Waals surface area contributed by atoms with Gasteiger partial charge in [0.1, 0.15) is 17.6 Å². The van der Waals surface area contributed by atoms with Crippen LogP contribution in [0.1, 0.15) is 55.0 Å². The van der Waals surface area contributed by atoms with Gasteiger partial charge in [-0.3, -0.25) is 4.79 Å². The van der Waals surface area contributed by atoms with Gasteiger partial charge in [0.15, 0.2) is 0 Å². The van der Waals surface area contributed by atoms with Crippen molar-refractivity contribution in [2.75, 3.05) is 6.54 Å². The summed E-state index contributed by atoms with van der Waals surface area (Å²) in [5, 5.41) is 9.30. The molecule has 0 spiro atoms. The molecule has 1 aliphatic heterocycles. The fourth-order valence-electron chi connectivity index (χ4n) is 3.39. The number of fused-ring (bicyclic) bond motifs is 1. The van der Waals surface area contributed by atoms with E-state index in [0.29, 0.717) is 11.4 Å². The van der Waals surface area contributed by atoms with Gasteiger partial charge >= 0.3 is 5.97 Å². The lowest BCUT2D eigenvalue weighted by atomic mass is 9.83. The summed E-state index contributed by atoms with van der Waals surface area (Å²) >= 11 is 0. The zero-order chi connectivity index (χ0) is 21.3. The third-order valence-electron chi connectivity index (χ3n) is 4.68. The van der Waals surface area contributed by atoms with Crippen LogP contribution < -0.4 is 0 Å². The summed E-state index contributed by atoms with van der Waals surface area (Å²) < 4.78 is 19.0. The second-order valence-electron chi connectivity index (χ2n) is 7.91. The number of nitrogens with zero attached hydrogens (tertiary/aromatic N) is 2. The molecule has 7 heteroatoms. The van der Waals surface area contributed by atoms with Gasteiger partial charge in [-0.25, -0.2) is 9.18 Å². The average molecular weight is 395 g/mol. The average Bonchev–Trinajstić information content (AvgIpc) is 3.04. The van der Waals surface area contributed by atoms with Crippen LogP contribution in [0.4, 0.5) is 4.39 Å². The maximum absolute atomic E-state index is 13.6. The van der Waals surface area contributed by atoms with Crippen LogP contribution in [0, 0.1) is 17.1 Å². The van der Waals surface area contributed by atoms with Crippen molar-refractivity contribution in [2.24, 2.45) is 0 Å². The number of carbonyl (C=O) groups is 2. The van der Waals surface area contributed by atoms with Crippen molar-refractivity contribution in [1.29, 1.82) is 5.26 Å². The van der Waals surface area contributed by atoms with Crippen molar-refractivity contribution in [3.8, 4) is 6.07 Å². The van der Waals surface area contributed by atoms with Crippen molar-refractivity contribution in [3.63, 3.8) is 0 Å². The van der Waals surface area contributed by atoms with Gasteiger partial charge in [0.05, 0.1) is 17.4 Å². The number of aromatic nitrogens is 1. The van der Waals surface area contributed by atoms with Gasteiger partial charge in [-0.05, 0) is 43.7 Å². The number of carbonyl (C=O) groups excluding carboxylic acids is 2. The molecule has 0 aliphatic carbocycles. The van der Waals surface area contributed by atoms with Crippen molar-refractivity contribution >= 4 is 17.4 Å². The second-order valence-corrected chi connectivity index (χ2v) is 7.91. The molecular weight excluding hydrogens is 373 g/mol. The molecule has 1 aromatic carbocycles. The summed E-state index contributed by atoms with van der Waals surface area (Å²) in [4.78, 5) is 30.2. The maximum atomic E-state index is 13.6. The lowest BCUT2D eigenvalue weighted by Gasteiger charge is -2.29. The number of nitrogens with one attached hydrogen (secondary N) is 1. The highest BCUT2D eigenvalue weighted by molar-refractivity contribution is 6.17. The molecule has 150 valence electrons. The van der Waals surface area contributed by atoms with E-state index in [9.17, 15) is 19.2 Å². The highest BCUT2D eigenvalue weighted by Crippen LogP contribution is 2.36. The van der Waals surface area contributed by atoms with Crippen LogP contribution in [0.5, 0.6) is 0 Å². The Morgan fingerprint density at radius 1 is 1.31 bits per heavy atom. The number of nitriles is 1. The van der Waals surface area contributed by atoms with Gasteiger partial charge in [0.2, 0.25) is 0 Å². The highest BCUT2D eigenvalue weighted by Gasteiger charge is 2.36. The lowest BCUT2D eigenvalue weighted by molar-refractivity contribution is -0.140. The van der Waals surface area contributed by atoms with E-state index in [1.165, 1.54) is 29.3 Å². The van der Waals surface area contributed by atoms with E-state index in [0.717, 1.165) is 11.6 Å². The number of hydrogen-bond donors (Lipinski definition) is 1. The molecule has 0 saturated heterocycles. The number of halogens is 1. The van der Waals surface area contributed by atoms with Crippen LogP contribution in [0.25, 0.3) is 5.57 Å². The van der Waals surface area contributed by atoms with Crippen LogP contribution >= 0.6 is 0 Å². The Kier molecular flexibility index (Phi) is 5.29. The van der Waals surface area contributed by atoms with Gasteiger partial charge in [-0.15, -0.1) is 0 Å². The molecule has 29 heavy (non-hydrogen) atoms. The van der Waals surface area contributed by atoms with E-state index in [4.69, 9.17) is 4.74 Å². The van der Waals surface area contributed by atoms with Crippen molar-refractivity contribution < 1.29 is 18.7 Å². The number of ether oxygens (including phenoxy) is 1. The Labute approximate surface area is 168 Å². The van der Waals surface area contributed by atoms with Crippen LogP contribution in [0.3, 0.4) is 0 Å². The number of esters is 1. The molecule has 3 rings (SSSR count). The van der Waals surface area contributed by atoms with E-state index in [1.807, 2.05) is 13.8 Å². The maximum Gasteiger partial charge on any atom is 0.342 e. The Morgan fingerprint density at radius 3 is 2.66 bits per heavy atom. The van der Waals surface area contributed by atoms with E-state index in [1.54, 1.807) is 19.9 Å². The van der Waals surface area contributed by atoms with Gasteiger partial charge in [-0.2, -0.15) is 5.26 Å². The zero-order valence-corrected chi connectivity index (χ0v) is 16.7. The fraction of sp³-hybridized carbons (Fsp3) is 0.318. The molecule has 2 heterocycles. The topological polar surface area (TPSA) is 86.2 Å². The summed E-state index contributed by atoms with van der Waals surface area (Å²) in [7, 11) is 0. The number of H-pyrrole nitrogens is 1. The largest absolute Gasteiger partial charge is 0.459 e. The van der Waals surface area contributed by atoms with Crippen LogP contribution in [-0.4, -0.2) is 34.4 Å². The standard InChI is InChI=1S/C22H22FN3O3/c1-13(2)29-21(28)17-11-26(20(27)14-6-5-7-15(23)8-14)12-22(3,4)18-9-16(10-24)25-19(17)18/h5-9,11,13,25H,12H2,1-4H3. The molecule has 2 aromatic rings. The van der Waals surface area contributed by atoms with Crippen molar-refractivity contribution in [1.82, 2.24) is 9.88 Å². The smallest absolute Gasteiger partial charge is 0.342 e.